The standard InChI is InChI=1S/C20H25NO3S/c1-3-20(14-24-4-2)15-25(22,23)18-13-9-8-12-17(18)19(21-20)16-10-6-5-7-11-16/h5-13,19,21H,3-4,14-15H2,1-2H3/t19-,20-/m0/s1. The molecule has 0 unspecified atom stereocenters. The molecule has 2 atom stereocenters. The van der Waals surface area contributed by atoms with E-state index in [-0.39, 0.29) is 11.8 Å². The maximum Gasteiger partial charge on any atom is 0.180 e. The molecule has 5 heteroatoms. The van der Waals surface area contributed by atoms with Gasteiger partial charge in [0.25, 0.3) is 0 Å². The smallest absolute Gasteiger partial charge is 0.180 e. The van der Waals surface area contributed by atoms with Crippen molar-refractivity contribution >= 4 is 9.84 Å². The van der Waals surface area contributed by atoms with E-state index < -0.39 is 15.4 Å². The molecule has 2 aromatic rings. The van der Waals surface area contributed by atoms with Crippen molar-refractivity contribution in [2.75, 3.05) is 19.0 Å². The summed E-state index contributed by atoms with van der Waals surface area (Å²) in [4.78, 5) is 0.420. The molecule has 0 bridgehead atoms. The van der Waals surface area contributed by atoms with E-state index in [1.54, 1.807) is 12.1 Å². The molecule has 1 aliphatic rings. The molecule has 1 N–H and O–H groups in total. The average Bonchev–Trinajstić information content (AvgIpc) is 2.74. The number of nitrogens with one attached hydrogen (secondary N) is 1. The Labute approximate surface area is 150 Å². The summed E-state index contributed by atoms with van der Waals surface area (Å²) in [6.45, 7) is 4.88. The Balaban J connectivity index is 2.17. The minimum absolute atomic E-state index is 0.0385. The molecule has 0 aliphatic carbocycles. The topological polar surface area (TPSA) is 55.4 Å². The summed E-state index contributed by atoms with van der Waals surface area (Å²) in [6, 6.07) is 17.1. The van der Waals surface area contributed by atoms with Gasteiger partial charge in [0.1, 0.15) is 0 Å². The van der Waals surface area contributed by atoms with Crippen molar-refractivity contribution in [1.29, 1.82) is 0 Å². The molecular formula is C20H25NO3S. The first-order valence-corrected chi connectivity index (χ1v) is 10.4. The predicted molar refractivity (Wildman–Crippen MR) is 99.4 cm³/mol. The quantitative estimate of drug-likeness (QED) is 0.890. The largest absolute Gasteiger partial charge is 0.380 e. The van der Waals surface area contributed by atoms with Gasteiger partial charge >= 0.3 is 0 Å². The van der Waals surface area contributed by atoms with Crippen molar-refractivity contribution in [2.45, 2.75) is 36.7 Å². The van der Waals surface area contributed by atoms with Gasteiger partial charge in [0.15, 0.2) is 9.84 Å². The molecule has 0 aromatic heterocycles. The number of ether oxygens (including phenoxy) is 1. The lowest BCUT2D eigenvalue weighted by molar-refractivity contribution is 0.0800. The number of rotatable bonds is 5. The number of benzene rings is 2. The van der Waals surface area contributed by atoms with Gasteiger partial charge in [-0.3, -0.25) is 5.32 Å². The fourth-order valence-electron chi connectivity index (χ4n) is 3.46. The van der Waals surface area contributed by atoms with Gasteiger partial charge < -0.3 is 4.74 Å². The first kappa shape index (κ1) is 18.1. The third-order valence-electron chi connectivity index (χ3n) is 4.87. The Kier molecular flexibility index (Phi) is 5.27. The SMILES string of the molecule is CCOC[C@@]1(CC)CS(=O)(=O)c2ccccc2[C@H](c2ccccc2)N1. The first-order valence-electron chi connectivity index (χ1n) is 8.73. The predicted octanol–water partition coefficient (Wildman–Crippen LogP) is 3.34. The van der Waals surface area contributed by atoms with E-state index in [0.29, 0.717) is 24.5 Å². The Morgan fingerprint density at radius 2 is 1.76 bits per heavy atom. The molecule has 134 valence electrons. The maximum absolute atomic E-state index is 13.1. The molecule has 1 aliphatic heterocycles. The van der Waals surface area contributed by atoms with Crippen LogP contribution in [0.1, 0.15) is 37.4 Å². The van der Waals surface area contributed by atoms with Gasteiger partial charge in [0.2, 0.25) is 0 Å². The second-order valence-electron chi connectivity index (χ2n) is 6.56. The number of hydrogen-bond donors (Lipinski definition) is 1. The van der Waals surface area contributed by atoms with E-state index in [4.69, 9.17) is 4.74 Å². The van der Waals surface area contributed by atoms with E-state index >= 15 is 0 Å². The van der Waals surface area contributed by atoms with E-state index in [9.17, 15) is 8.42 Å². The monoisotopic (exact) mass is 359 g/mol. The van der Waals surface area contributed by atoms with E-state index in [0.717, 1.165) is 11.1 Å². The Bertz CT molecular complexity index is 820. The molecule has 0 saturated carbocycles. The van der Waals surface area contributed by atoms with Crippen LogP contribution in [0.15, 0.2) is 59.5 Å². The van der Waals surface area contributed by atoms with E-state index in [1.807, 2.05) is 56.3 Å². The lowest BCUT2D eigenvalue weighted by Crippen LogP contribution is -2.53. The van der Waals surface area contributed by atoms with Crippen LogP contribution in [0.5, 0.6) is 0 Å². The van der Waals surface area contributed by atoms with Crippen molar-refractivity contribution in [3.8, 4) is 0 Å². The highest BCUT2D eigenvalue weighted by atomic mass is 32.2. The maximum atomic E-state index is 13.1. The third kappa shape index (κ3) is 3.64. The minimum atomic E-state index is -3.41. The fourth-order valence-corrected chi connectivity index (χ4v) is 5.55. The molecule has 0 spiro atoms. The zero-order valence-corrected chi connectivity index (χ0v) is 15.6. The highest BCUT2D eigenvalue weighted by Gasteiger charge is 2.42. The van der Waals surface area contributed by atoms with Crippen LogP contribution in [-0.2, 0) is 14.6 Å². The summed E-state index contributed by atoms with van der Waals surface area (Å²) in [5.41, 5.74) is 1.25. The summed E-state index contributed by atoms with van der Waals surface area (Å²) >= 11 is 0. The molecule has 3 rings (SSSR count). The van der Waals surface area contributed by atoms with Crippen LogP contribution in [0.25, 0.3) is 0 Å². The van der Waals surface area contributed by atoms with Gasteiger partial charge in [-0.15, -0.1) is 0 Å². The number of fused-ring (bicyclic) bond motifs is 1. The van der Waals surface area contributed by atoms with Crippen LogP contribution < -0.4 is 5.32 Å². The Morgan fingerprint density at radius 3 is 2.44 bits per heavy atom. The van der Waals surface area contributed by atoms with Crippen LogP contribution in [0, 0.1) is 0 Å². The summed E-state index contributed by atoms with van der Waals surface area (Å²) in [6.07, 6.45) is 0.670. The van der Waals surface area contributed by atoms with Crippen LogP contribution in [0.2, 0.25) is 0 Å². The number of sulfone groups is 1. The average molecular weight is 359 g/mol. The fraction of sp³-hybridized carbons (Fsp3) is 0.400. The van der Waals surface area contributed by atoms with Gasteiger partial charge in [-0.2, -0.15) is 0 Å². The van der Waals surface area contributed by atoms with Crippen LogP contribution >= 0.6 is 0 Å². The lowest BCUT2D eigenvalue weighted by Gasteiger charge is -2.35. The van der Waals surface area contributed by atoms with Gasteiger partial charge in [0.05, 0.1) is 28.8 Å². The first-order chi connectivity index (χ1) is 12.0. The summed E-state index contributed by atoms with van der Waals surface area (Å²) in [5.74, 6) is 0.0385. The number of hydrogen-bond acceptors (Lipinski definition) is 4. The molecule has 0 fully saturated rings. The Hall–Kier alpha value is -1.69. The van der Waals surface area contributed by atoms with Crippen LogP contribution in [0.3, 0.4) is 0 Å². The van der Waals surface area contributed by atoms with Crippen molar-refractivity contribution in [3.63, 3.8) is 0 Å². The van der Waals surface area contributed by atoms with E-state index in [1.165, 1.54) is 0 Å². The van der Waals surface area contributed by atoms with Crippen LogP contribution in [0.4, 0.5) is 0 Å². The third-order valence-corrected chi connectivity index (χ3v) is 6.85. The molecule has 25 heavy (non-hydrogen) atoms. The molecule has 0 saturated heterocycles. The normalized spacial score (nSPS) is 25.1. The highest BCUT2D eigenvalue weighted by molar-refractivity contribution is 7.91. The zero-order chi connectivity index (χ0) is 17.9. The lowest BCUT2D eigenvalue weighted by atomic mass is 9.92. The van der Waals surface area contributed by atoms with Crippen molar-refractivity contribution in [3.05, 3.63) is 65.7 Å². The van der Waals surface area contributed by atoms with Crippen molar-refractivity contribution in [1.82, 2.24) is 5.32 Å². The van der Waals surface area contributed by atoms with Crippen molar-refractivity contribution in [2.24, 2.45) is 0 Å². The molecule has 1 heterocycles. The van der Waals surface area contributed by atoms with Gasteiger partial charge in [-0.1, -0.05) is 55.5 Å². The van der Waals surface area contributed by atoms with Gasteiger partial charge in [0, 0.05) is 6.61 Å². The molecule has 4 nitrogen and oxygen atoms in total. The minimum Gasteiger partial charge on any atom is -0.380 e. The summed E-state index contributed by atoms with van der Waals surface area (Å²) in [7, 11) is -3.41. The van der Waals surface area contributed by atoms with Crippen LogP contribution in [-0.4, -0.2) is 32.9 Å². The molecule has 0 amide bonds. The second kappa shape index (κ2) is 7.28. The second-order valence-corrected chi connectivity index (χ2v) is 8.51. The van der Waals surface area contributed by atoms with Crippen molar-refractivity contribution < 1.29 is 13.2 Å². The zero-order valence-electron chi connectivity index (χ0n) is 14.7. The molecular weight excluding hydrogens is 334 g/mol. The molecule has 0 radical (unpaired) electrons. The summed E-state index contributed by atoms with van der Waals surface area (Å²) in [5, 5.41) is 3.64. The Morgan fingerprint density at radius 1 is 1.08 bits per heavy atom. The van der Waals surface area contributed by atoms with E-state index in [2.05, 4.69) is 5.32 Å². The molecule has 2 aromatic carbocycles. The summed E-state index contributed by atoms with van der Waals surface area (Å²) < 4.78 is 31.9. The van der Waals surface area contributed by atoms with Gasteiger partial charge in [-0.25, -0.2) is 8.42 Å². The highest BCUT2D eigenvalue weighted by Crippen LogP contribution is 2.36. The van der Waals surface area contributed by atoms with Gasteiger partial charge in [-0.05, 0) is 30.5 Å².